The Kier molecular flexibility index (Phi) is 4.65. The second-order valence-electron chi connectivity index (χ2n) is 4.50. The van der Waals surface area contributed by atoms with Crippen LogP contribution in [0, 0.1) is 6.92 Å². The number of aromatic nitrogens is 2. The summed E-state index contributed by atoms with van der Waals surface area (Å²) in [7, 11) is 0. The van der Waals surface area contributed by atoms with E-state index in [9.17, 15) is 4.79 Å². The van der Waals surface area contributed by atoms with Crippen molar-refractivity contribution in [3.05, 3.63) is 47.8 Å². The van der Waals surface area contributed by atoms with Gasteiger partial charge in [0.1, 0.15) is 11.6 Å². The normalized spacial score (nSPS) is 10.1. The SMILES string of the molecule is CCCNc1ncccc1C(=O)Nc1ccc(C)cn1. The second kappa shape index (κ2) is 6.65. The summed E-state index contributed by atoms with van der Waals surface area (Å²) in [5, 5.41) is 5.92. The number of pyridine rings is 2. The molecule has 0 aliphatic heterocycles. The van der Waals surface area contributed by atoms with Crippen molar-refractivity contribution in [2.75, 3.05) is 17.2 Å². The highest BCUT2D eigenvalue weighted by molar-refractivity contribution is 6.07. The van der Waals surface area contributed by atoms with Crippen LogP contribution in [-0.4, -0.2) is 22.4 Å². The summed E-state index contributed by atoms with van der Waals surface area (Å²) in [6, 6.07) is 7.17. The number of hydrogen-bond donors (Lipinski definition) is 2. The van der Waals surface area contributed by atoms with E-state index in [1.807, 2.05) is 13.0 Å². The van der Waals surface area contributed by atoms with E-state index in [1.165, 1.54) is 0 Å². The standard InChI is InChI=1S/C15H18N4O/c1-3-8-16-14-12(5-4-9-17-14)15(20)19-13-7-6-11(2)10-18-13/h4-7,9-10H,3,8H2,1-2H3,(H,16,17)(H,18,19,20). The molecule has 2 N–H and O–H groups in total. The van der Waals surface area contributed by atoms with Crippen LogP contribution in [0.4, 0.5) is 11.6 Å². The molecule has 0 saturated heterocycles. The van der Waals surface area contributed by atoms with E-state index in [0.29, 0.717) is 17.2 Å². The van der Waals surface area contributed by atoms with E-state index in [1.54, 1.807) is 30.6 Å². The first-order chi connectivity index (χ1) is 9.70. The maximum absolute atomic E-state index is 12.3. The number of anilines is 2. The summed E-state index contributed by atoms with van der Waals surface area (Å²) in [5.74, 6) is 0.915. The number of rotatable bonds is 5. The molecule has 104 valence electrons. The molecule has 0 unspecified atom stereocenters. The number of nitrogens with zero attached hydrogens (tertiary/aromatic N) is 2. The first kappa shape index (κ1) is 14.0. The van der Waals surface area contributed by atoms with E-state index in [4.69, 9.17) is 0 Å². The van der Waals surface area contributed by atoms with Gasteiger partial charge in [-0.3, -0.25) is 4.79 Å². The monoisotopic (exact) mass is 270 g/mol. The zero-order valence-electron chi connectivity index (χ0n) is 11.7. The van der Waals surface area contributed by atoms with Gasteiger partial charge < -0.3 is 10.6 Å². The van der Waals surface area contributed by atoms with Gasteiger partial charge >= 0.3 is 0 Å². The molecular weight excluding hydrogens is 252 g/mol. The maximum atomic E-state index is 12.3. The van der Waals surface area contributed by atoms with Crippen molar-refractivity contribution in [1.29, 1.82) is 0 Å². The summed E-state index contributed by atoms with van der Waals surface area (Å²) >= 11 is 0. The fourth-order valence-corrected chi connectivity index (χ4v) is 1.70. The van der Waals surface area contributed by atoms with Crippen LogP contribution in [-0.2, 0) is 0 Å². The van der Waals surface area contributed by atoms with Crippen molar-refractivity contribution in [1.82, 2.24) is 9.97 Å². The molecule has 0 spiro atoms. The van der Waals surface area contributed by atoms with Crippen LogP contribution in [0.25, 0.3) is 0 Å². The number of amides is 1. The molecule has 0 bridgehead atoms. The molecule has 0 radical (unpaired) electrons. The second-order valence-corrected chi connectivity index (χ2v) is 4.50. The lowest BCUT2D eigenvalue weighted by Crippen LogP contribution is -2.16. The minimum absolute atomic E-state index is 0.215. The third kappa shape index (κ3) is 3.54. The fraction of sp³-hybridized carbons (Fsp3) is 0.267. The lowest BCUT2D eigenvalue weighted by atomic mass is 10.2. The summed E-state index contributed by atoms with van der Waals surface area (Å²) in [6.45, 7) is 4.79. The number of nitrogens with one attached hydrogen (secondary N) is 2. The van der Waals surface area contributed by atoms with Crippen LogP contribution in [0.15, 0.2) is 36.7 Å². The molecule has 0 saturated carbocycles. The Bertz CT molecular complexity index is 581. The van der Waals surface area contributed by atoms with Crippen molar-refractivity contribution in [2.45, 2.75) is 20.3 Å². The van der Waals surface area contributed by atoms with Crippen LogP contribution in [0.5, 0.6) is 0 Å². The minimum atomic E-state index is -0.215. The van der Waals surface area contributed by atoms with Gasteiger partial charge in [-0.2, -0.15) is 0 Å². The van der Waals surface area contributed by atoms with Crippen molar-refractivity contribution >= 4 is 17.5 Å². The summed E-state index contributed by atoms with van der Waals surface area (Å²) < 4.78 is 0. The Morgan fingerprint density at radius 2 is 2.10 bits per heavy atom. The average Bonchev–Trinajstić information content (AvgIpc) is 2.47. The first-order valence-corrected chi connectivity index (χ1v) is 6.63. The van der Waals surface area contributed by atoms with Crippen LogP contribution < -0.4 is 10.6 Å². The quantitative estimate of drug-likeness (QED) is 0.876. The van der Waals surface area contributed by atoms with Gasteiger partial charge in [-0.15, -0.1) is 0 Å². The molecule has 2 rings (SSSR count). The van der Waals surface area contributed by atoms with E-state index < -0.39 is 0 Å². The zero-order valence-corrected chi connectivity index (χ0v) is 11.7. The summed E-state index contributed by atoms with van der Waals surface area (Å²) in [6.07, 6.45) is 4.35. The number of hydrogen-bond acceptors (Lipinski definition) is 4. The molecule has 2 aromatic heterocycles. The highest BCUT2D eigenvalue weighted by Gasteiger charge is 2.12. The Balaban J connectivity index is 2.14. The molecule has 0 atom stereocenters. The van der Waals surface area contributed by atoms with Gasteiger partial charge in [0.15, 0.2) is 0 Å². The Hall–Kier alpha value is -2.43. The van der Waals surface area contributed by atoms with Crippen molar-refractivity contribution < 1.29 is 4.79 Å². The number of aryl methyl sites for hydroxylation is 1. The lowest BCUT2D eigenvalue weighted by molar-refractivity contribution is 0.102. The van der Waals surface area contributed by atoms with E-state index in [0.717, 1.165) is 18.5 Å². The van der Waals surface area contributed by atoms with Crippen LogP contribution in [0.1, 0.15) is 29.3 Å². The highest BCUT2D eigenvalue weighted by Crippen LogP contribution is 2.14. The van der Waals surface area contributed by atoms with Gasteiger partial charge in [-0.05, 0) is 37.1 Å². The average molecular weight is 270 g/mol. The molecule has 0 fully saturated rings. The van der Waals surface area contributed by atoms with Gasteiger partial charge in [0, 0.05) is 18.9 Å². The molecule has 5 heteroatoms. The maximum Gasteiger partial charge on any atom is 0.260 e. The van der Waals surface area contributed by atoms with Gasteiger partial charge in [-0.1, -0.05) is 13.0 Å². The van der Waals surface area contributed by atoms with E-state index in [-0.39, 0.29) is 5.91 Å². The molecule has 2 aromatic rings. The van der Waals surface area contributed by atoms with Crippen LogP contribution in [0.3, 0.4) is 0 Å². The van der Waals surface area contributed by atoms with Gasteiger partial charge in [0.25, 0.3) is 5.91 Å². The largest absolute Gasteiger partial charge is 0.369 e. The Morgan fingerprint density at radius 3 is 2.80 bits per heavy atom. The van der Waals surface area contributed by atoms with Crippen LogP contribution in [0.2, 0.25) is 0 Å². The predicted molar refractivity (Wildman–Crippen MR) is 79.9 cm³/mol. The molecule has 5 nitrogen and oxygen atoms in total. The summed E-state index contributed by atoms with van der Waals surface area (Å²) in [5.41, 5.74) is 1.57. The van der Waals surface area contributed by atoms with E-state index >= 15 is 0 Å². The number of carbonyl (C=O) groups is 1. The summed E-state index contributed by atoms with van der Waals surface area (Å²) in [4.78, 5) is 20.6. The number of carbonyl (C=O) groups excluding carboxylic acids is 1. The minimum Gasteiger partial charge on any atom is -0.369 e. The Morgan fingerprint density at radius 1 is 1.25 bits per heavy atom. The smallest absolute Gasteiger partial charge is 0.260 e. The van der Waals surface area contributed by atoms with Crippen molar-refractivity contribution in [3.63, 3.8) is 0 Å². The highest BCUT2D eigenvalue weighted by atomic mass is 16.1. The predicted octanol–water partition coefficient (Wildman–Crippen LogP) is 2.86. The van der Waals surface area contributed by atoms with Crippen molar-refractivity contribution in [2.24, 2.45) is 0 Å². The molecule has 20 heavy (non-hydrogen) atoms. The lowest BCUT2D eigenvalue weighted by Gasteiger charge is -2.10. The zero-order chi connectivity index (χ0) is 14.4. The molecular formula is C15H18N4O. The van der Waals surface area contributed by atoms with Gasteiger partial charge in [-0.25, -0.2) is 9.97 Å². The van der Waals surface area contributed by atoms with Crippen LogP contribution >= 0.6 is 0 Å². The molecule has 2 heterocycles. The van der Waals surface area contributed by atoms with Gasteiger partial charge in [0.05, 0.1) is 5.56 Å². The first-order valence-electron chi connectivity index (χ1n) is 6.63. The third-order valence-electron chi connectivity index (χ3n) is 2.75. The molecule has 1 amide bonds. The van der Waals surface area contributed by atoms with E-state index in [2.05, 4.69) is 27.5 Å². The molecule has 0 aromatic carbocycles. The topological polar surface area (TPSA) is 66.9 Å². The molecule has 0 aliphatic rings. The third-order valence-corrected chi connectivity index (χ3v) is 2.75. The van der Waals surface area contributed by atoms with Crippen molar-refractivity contribution in [3.8, 4) is 0 Å². The molecule has 0 aliphatic carbocycles. The fourth-order valence-electron chi connectivity index (χ4n) is 1.70. The van der Waals surface area contributed by atoms with Gasteiger partial charge in [0.2, 0.25) is 0 Å². The Labute approximate surface area is 118 Å².